The van der Waals surface area contributed by atoms with Crippen LogP contribution in [-0.2, 0) is 4.79 Å². The average molecular weight is 476 g/mol. The molecule has 0 aromatic carbocycles. The number of hydrogen-bond acceptors (Lipinski definition) is 7. The summed E-state index contributed by atoms with van der Waals surface area (Å²) in [4.78, 5) is 31.5. The average Bonchev–Trinajstić information content (AvgIpc) is 3.26. The van der Waals surface area contributed by atoms with Crippen LogP contribution in [0.25, 0.3) is 6.08 Å². The fourth-order valence-electron chi connectivity index (χ4n) is 5.49. The third-order valence-corrected chi connectivity index (χ3v) is 7.38. The summed E-state index contributed by atoms with van der Waals surface area (Å²) in [5.74, 6) is 1.57. The van der Waals surface area contributed by atoms with E-state index < -0.39 is 5.60 Å². The van der Waals surface area contributed by atoms with Gasteiger partial charge in [-0.15, -0.1) is 0 Å². The van der Waals surface area contributed by atoms with E-state index >= 15 is 0 Å². The molecule has 3 unspecified atom stereocenters. The number of allylic oxidation sites excluding steroid dienone is 1. The highest BCUT2D eigenvalue weighted by Crippen LogP contribution is 2.39. The summed E-state index contributed by atoms with van der Waals surface area (Å²) in [5, 5.41) is 10.1. The van der Waals surface area contributed by atoms with Crippen molar-refractivity contribution in [2.75, 3.05) is 33.3 Å². The third-order valence-electron chi connectivity index (χ3n) is 7.38. The van der Waals surface area contributed by atoms with E-state index in [0.29, 0.717) is 31.1 Å². The Kier molecular flexibility index (Phi) is 6.09. The smallest absolute Gasteiger partial charge is 0.257 e. The Morgan fingerprint density at radius 1 is 1.37 bits per heavy atom. The van der Waals surface area contributed by atoms with Crippen LogP contribution in [-0.4, -0.2) is 76.7 Å². The summed E-state index contributed by atoms with van der Waals surface area (Å²) in [6, 6.07) is 2.15. The minimum Gasteiger partial charge on any atom is -0.481 e. The van der Waals surface area contributed by atoms with Gasteiger partial charge in [0.15, 0.2) is 0 Å². The van der Waals surface area contributed by atoms with Crippen LogP contribution in [0, 0.1) is 11.8 Å². The highest BCUT2D eigenvalue weighted by Gasteiger charge is 2.42. The first-order valence-electron chi connectivity index (χ1n) is 12.3. The lowest BCUT2D eigenvalue weighted by molar-refractivity contribution is -0.147. The monoisotopic (exact) mass is 475 g/mol. The van der Waals surface area contributed by atoms with Crippen molar-refractivity contribution in [3.8, 4) is 5.88 Å². The molecule has 0 bridgehead atoms. The number of aliphatic imine (C=N–C) groups is 2. The summed E-state index contributed by atoms with van der Waals surface area (Å²) in [5.41, 5.74) is 2.47. The molecule has 1 N–H and O–H groups in total. The number of dihydropyridines is 1. The van der Waals surface area contributed by atoms with Crippen molar-refractivity contribution in [3.63, 3.8) is 0 Å². The lowest BCUT2D eigenvalue weighted by Gasteiger charge is -2.44. The molecule has 35 heavy (non-hydrogen) atoms. The highest BCUT2D eigenvalue weighted by atomic mass is 16.5. The first-order chi connectivity index (χ1) is 16.8. The van der Waals surface area contributed by atoms with Crippen LogP contribution in [0.5, 0.6) is 5.88 Å². The molecule has 0 spiro atoms. The second-order valence-corrected chi connectivity index (χ2v) is 10.2. The SMILES string of the molecule is C=Cc1cnc(OC)c(C2CCCN2C2=NC3=C(C(=O)N4CC(C)(O)C4)C=NCC3C(C)C=C2)c1. The number of pyridine rings is 1. The van der Waals surface area contributed by atoms with E-state index in [1.807, 2.05) is 0 Å². The fraction of sp³-hybridized carbons (Fsp3) is 0.481. The molecule has 0 saturated carbocycles. The molecule has 8 heteroatoms. The van der Waals surface area contributed by atoms with Gasteiger partial charge in [0, 0.05) is 37.0 Å². The van der Waals surface area contributed by atoms with E-state index in [2.05, 4.69) is 46.6 Å². The molecule has 2 fully saturated rings. The standard InChI is InChI=1S/C27H33N5O3/c1-5-18-11-19(25(35-4)29-12-18)22-7-6-10-32(22)23-9-8-17(2)20-13-28-14-21(24(20)30-23)26(33)31-15-27(3,34)16-31/h5,8-9,11-12,14,17,20,22,34H,1,6-7,10,13,15-16H2,2-4H3. The Bertz CT molecular complexity index is 1160. The van der Waals surface area contributed by atoms with Gasteiger partial charge >= 0.3 is 0 Å². The number of rotatable bonds is 4. The molecule has 1 amide bonds. The Morgan fingerprint density at radius 3 is 2.89 bits per heavy atom. The van der Waals surface area contributed by atoms with Crippen molar-refractivity contribution in [1.29, 1.82) is 0 Å². The normalized spacial score (nSPS) is 27.2. The van der Waals surface area contributed by atoms with Gasteiger partial charge < -0.3 is 19.6 Å². The number of nitrogens with zero attached hydrogens (tertiary/aromatic N) is 5. The van der Waals surface area contributed by atoms with Crippen LogP contribution >= 0.6 is 0 Å². The van der Waals surface area contributed by atoms with E-state index in [4.69, 9.17) is 9.73 Å². The van der Waals surface area contributed by atoms with Gasteiger partial charge in [-0.3, -0.25) is 9.79 Å². The fourth-order valence-corrected chi connectivity index (χ4v) is 5.49. The Morgan fingerprint density at radius 2 is 2.17 bits per heavy atom. The zero-order valence-corrected chi connectivity index (χ0v) is 20.6. The quantitative estimate of drug-likeness (QED) is 0.723. The maximum absolute atomic E-state index is 13.3. The summed E-state index contributed by atoms with van der Waals surface area (Å²) in [6.07, 6.45) is 11.5. The number of hydrogen-bond donors (Lipinski definition) is 1. The van der Waals surface area contributed by atoms with Gasteiger partial charge in [-0.25, -0.2) is 9.98 Å². The molecular weight excluding hydrogens is 442 g/mol. The molecule has 4 aliphatic rings. The van der Waals surface area contributed by atoms with E-state index in [9.17, 15) is 9.90 Å². The van der Waals surface area contributed by atoms with Crippen LogP contribution < -0.4 is 4.74 Å². The Hall–Kier alpha value is -3.26. The number of ether oxygens (including phenoxy) is 1. The summed E-state index contributed by atoms with van der Waals surface area (Å²) in [6.45, 7) is 9.90. The van der Waals surface area contributed by atoms with Crippen LogP contribution in [0.3, 0.4) is 0 Å². The largest absolute Gasteiger partial charge is 0.481 e. The van der Waals surface area contributed by atoms with E-state index in [1.165, 1.54) is 0 Å². The number of amidine groups is 1. The van der Waals surface area contributed by atoms with Crippen molar-refractivity contribution in [3.05, 3.63) is 53.4 Å². The van der Waals surface area contributed by atoms with Gasteiger partial charge in [0.25, 0.3) is 5.91 Å². The predicted octanol–water partition coefficient (Wildman–Crippen LogP) is 3.02. The molecule has 1 aromatic heterocycles. The number of carbonyl (C=O) groups excluding carboxylic acids is 1. The topological polar surface area (TPSA) is 90.6 Å². The summed E-state index contributed by atoms with van der Waals surface area (Å²) in [7, 11) is 1.64. The van der Waals surface area contributed by atoms with Crippen molar-refractivity contribution >= 4 is 24.0 Å². The number of carbonyl (C=O) groups is 1. The molecule has 3 atom stereocenters. The zero-order valence-electron chi connectivity index (χ0n) is 20.6. The number of likely N-dealkylation sites (tertiary alicyclic amines) is 2. The van der Waals surface area contributed by atoms with Crippen LogP contribution in [0.4, 0.5) is 0 Å². The molecule has 0 aliphatic carbocycles. The predicted molar refractivity (Wildman–Crippen MR) is 136 cm³/mol. The number of methoxy groups -OCH3 is 1. The minimum atomic E-state index is -0.825. The van der Waals surface area contributed by atoms with Gasteiger partial charge in [0.05, 0.1) is 43.1 Å². The van der Waals surface area contributed by atoms with Crippen LogP contribution in [0.1, 0.15) is 43.9 Å². The van der Waals surface area contributed by atoms with Gasteiger partial charge in [-0.2, -0.15) is 0 Å². The second-order valence-electron chi connectivity index (χ2n) is 10.2. The van der Waals surface area contributed by atoms with Gasteiger partial charge in [-0.1, -0.05) is 25.7 Å². The van der Waals surface area contributed by atoms with Crippen molar-refractivity contribution in [1.82, 2.24) is 14.8 Å². The summed E-state index contributed by atoms with van der Waals surface area (Å²) < 4.78 is 5.60. The second kappa shape index (κ2) is 9.07. The first kappa shape index (κ1) is 23.5. The molecular formula is C27H33N5O3. The van der Waals surface area contributed by atoms with Crippen LogP contribution in [0.15, 0.2) is 52.2 Å². The van der Waals surface area contributed by atoms with E-state index in [0.717, 1.165) is 42.0 Å². The van der Waals surface area contributed by atoms with Crippen molar-refractivity contribution in [2.24, 2.45) is 21.8 Å². The molecule has 2 saturated heterocycles. The highest BCUT2D eigenvalue weighted by molar-refractivity contribution is 6.14. The number of β-amino-alcohol motifs (C(OH)–C–C–N with tert-alkyl or cyclic N) is 1. The number of fused-ring (bicyclic) bond motifs is 1. The first-order valence-corrected chi connectivity index (χ1v) is 12.3. The van der Waals surface area contributed by atoms with E-state index in [1.54, 1.807) is 37.4 Å². The number of aromatic nitrogens is 1. The molecule has 5 heterocycles. The van der Waals surface area contributed by atoms with Gasteiger partial charge in [-0.05, 0) is 43.4 Å². The van der Waals surface area contributed by atoms with Crippen molar-refractivity contribution < 1.29 is 14.6 Å². The minimum absolute atomic E-state index is 0.0378. The molecule has 1 aromatic rings. The Balaban J connectivity index is 1.54. The van der Waals surface area contributed by atoms with Crippen LogP contribution in [0.2, 0.25) is 0 Å². The molecule has 8 nitrogen and oxygen atoms in total. The lowest BCUT2D eigenvalue weighted by atomic mass is 9.86. The molecule has 5 rings (SSSR count). The molecule has 184 valence electrons. The lowest BCUT2D eigenvalue weighted by Crippen LogP contribution is -2.62. The molecule has 4 aliphatic heterocycles. The molecule has 0 radical (unpaired) electrons. The van der Waals surface area contributed by atoms with Crippen molar-refractivity contribution in [2.45, 2.75) is 38.3 Å². The Labute approximate surface area is 206 Å². The maximum atomic E-state index is 13.3. The van der Waals surface area contributed by atoms with Gasteiger partial charge in [0.1, 0.15) is 5.84 Å². The number of aliphatic hydroxyl groups is 1. The third kappa shape index (κ3) is 4.31. The number of amides is 1. The summed E-state index contributed by atoms with van der Waals surface area (Å²) >= 11 is 0. The van der Waals surface area contributed by atoms with Gasteiger partial charge in [0.2, 0.25) is 5.88 Å². The zero-order chi connectivity index (χ0) is 24.7. The van der Waals surface area contributed by atoms with E-state index in [-0.39, 0.29) is 23.8 Å². The maximum Gasteiger partial charge on any atom is 0.257 e.